The quantitative estimate of drug-likeness (QED) is 0.428. The molecule has 0 saturated heterocycles. The predicted molar refractivity (Wildman–Crippen MR) is 118 cm³/mol. The summed E-state index contributed by atoms with van der Waals surface area (Å²) in [6.45, 7) is 0. The van der Waals surface area contributed by atoms with E-state index in [9.17, 15) is 0 Å². The molecule has 1 aliphatic rings. The summed E-state index contributed by atoms with van der Waals surface area (Å²) < 4.78 is 0. The van der Waals surface area contributed by atoms with Gasteiger partial charge in [0.05, 0.1) is 7.05 Å². The maximum Gasteiger partial charge on any atom is 0.0837 e. The molecule has 2 nitrogen and oxygen atoms in total. The Bertz CT molecular complexity index is 836. The van der Waals surface area contributed by atoms with Crippen molar-refractivity contribution in [3.8, 4) is 0 Å². The van der Waals surface area contributed by atoms with Crippen LogP contribution in [0.5, 0.6) is 0 Å². The zero-order chi connectivity index (χ0) is 18.4. The smallest absolute Gasteiger partial charge is 0.0837 e. The van der Waals surface area contributed by atoms with E-state index in [4.69, 9.17) is 9.96 Å². The van der Waals surface area contributed by atoms with Gasteiger partial charge in [-0.15, -0.1) is 0 Å². The standard InChI is InChI=1S/C24H25N2P/c1-5-13-21(14-6-1)25-26-27(22-15-7-2-8-16-22,23-17-9-3-10-18-23)24-19-11-4-12-20-24/h2-4,7-12,15-20H,1,5-6,13-14H2. The third-order valence-corrected chi connectivity index (χ3v) is 8.63. The molecule has 0 N–H and O–H groups in total. The number of rotatable bonds is 4. The second-order valence-corrected chi connectivity index (χ2v) is 9.96. The zero-order valence-corrected chi connectivity index (χ0v) is 16.4. The lowest BCUT2D eigenvalue weighted by Gasteiger charge is -2.25. The van der Waals surface area contributed by atoms with Crippen LogP contribution in [-0.4, -0.2) is 5.71 Å². The summed E-state index contributed by atoms with van der Waals surface area (Å²) in [6, 6.07) is 32.1. The second kappa shape index (κ2) is 8.50. The summed E-state index contributed by atoms with van der Waals surface area (Å²) in [5.74, 6) is 0. The Morgan fingerprint density at radius 3 is 1.33 bits per heavy atom. The van der Waals surface area contributed by atoms with E-state index in [2.05, 4.69) is 91.0 Å². The lowest BCUT2D eigenvalue weighted by Crippen LogP contribution is -2.25. The Morgan fingerprint density at radius 1 is 0.519 bits per heavy atom. The van der Waals surface area contributed by atoms with E-state index in [1.807, 2.05) is 0 Å². The molecule has 0 atom stereocenters. The predicted octanol–water partition coefficient (Wildman–Crippen LogP) is 5.48. The molecule has 0 spiro atoms. The molecule has 1 aliphatic carbocycles. The average Bonchev–Trinajstić information content (AvgIpc) is 2.77. The fourth-order valence-corrected chi connectivity index (χ4v) is 7.00. The highest BCUT2D eigenvalue weighted by molar-refractivity contribution is 7.87. The third kappa shape index (κ3) is 3.82. The molecular formula is C24H25N2P. The molecule has 0 radical (unpaired) electrons. The third-order valence-electron chi connectivity index (χ3n) is 5.14. The van der Waals surface area contributed by atoms with Gasteiger partial charge in [0.2, 0.25) is 0 Å². The van der Waals surface area contributed by atoms with Crippen LogP contribution in [0, 0.1) is 0 Å². The molecule has 4 rings (SSSR count). The molecule has 3 aromatic rings. The summed E-state index contributed by atoms with van der Waals surface area (Å²) in [5.41, 5.74) is 1.26. The van der Waals surface area contributed by atoms with E-state index in [1.165, 1.54) is 40.9 Å². The fourth-order valence-electron chi connectivity index (χ4n) is 3.72. The molecule has 3 heteroatoms. The van der Waals surface area contributed by atoms with Gasteiger partial charge in [0, 0.05) is 21.6 Å². The molecule has 0 aliphatic heterocycles. The number of nitrogens with zero attached hydrogens (tertiary/aromatic N) is 2. The van der Waals surface area contributed by atoms with Gasteiger partial charge in [-0.05, 0) is 25.7 Å². The van der Waals surface area contributed by atoms with Crippen molar-refractivity contribution in [3.63, 3.8) is 0 Å². The van der Waals surface area contributed by atoms with E-state index < -0.39 is 7.05 Å². The SMILES string of the molecule is c1ccc(P(=NN=C2CCCCC2)(c2ccccc2)c2ccccc2)cc1. The minimum absolute atomic E-state index is 1.09. The summed E-state index contributed by atoms with van der Waals surface area (Å²) >= 11 is 0. The molecular weight excluding hydrogens is 347 g/mol. The lowest BCUT2D eigenvalue weighted by atomic mass is 9.99. The molecule has 1 saturated carbocycles. The summed E-state index contributed by atoms with van der Waals surface area (Å²) in [6.07, 6.45) is 5.96. The first kappa shape index (κ1) is 17.9. The molecule has 3 aromatic carbocycles. The highest BCUT2D eigenvalue weighted by atomic mass is 31.2. The normalized spacial score (nSPS) is 14.6. The summed E-state index contributed by atoms with van der Waals surface area (Å²) in [5, 5.41) is 8.63. The van der Waals surface area contributed by atoms with Gasteiger partial charge >= 0.3 is 0 Å². The molecule has 1 fully saturated rings. The highest BCUT2D eigenvalue weighted by Gasteiger charge is 2.27. The van der Waals surface area contributed by atoms with Crippen molar-refractivity contribution in [2.75, 3.05) is 0 Å². The Balaban J connectivity index is 2.00. The maximum atomic E-state index is 5.19. The number of hydrogen-bond donors (Lipinski definition) is 0. The van der Waals surface area contributed by atoms with Gasteiger partial charge in [-0.1, -0.05) is 97.4 Å². The first-order valence-electron chi connectivity index (χ1n) is 9.73. The van der Waals surface area contributed by atoms with Crippen molar-refractivity contribution >= 4 is 28.7 Å². The summed E-state index contributed by atoms with van der Waals surface area (Å²) in [4.78, 5) is 5.19. The first-order valence-corrected chi connectivity index (χ1v) is 11.5. The number of hydrogen-bond acceptors (Lipinski definition) is 1. The van der Waals surface area contributed by atoms with Crippen molar-refractivity contribution in [1.82, 2.24) is 0 Å². The van der Waals surface area contributed by atoms with Gasteiger partial charge in [0.1, 0.15) is 0 Å². The average molecular weight is 372 g/mol. The van der Waals surface area contributed by atoms with Gasteiger partial charge in [0.25, 0.3) is 0 Å². The second-order valence-electron chi connectivity index (χ2n) is 6.96. The Hall–Kier alpha value is -2.44. The monoisotopic (exact) mass is 372 g/mol. The van der Waals surface area contributed by atoms with Crippen LogP contribution in [0.4, 0.5) is 0 Å². The Kier molecular flexibility index (Phi) is 5.65. The lowest BCUT2D eigenvalue weighted by molar-refractivity contribution is 0.664. The van der Waals surface area contributed by atoms with Crippen molar-refractivity contribution < 1.29 is 0 Å². The van der Waals surface area contributed by atoms with Crippen molar-refractivity contribution in [2.45, 2.75) is 32.1 Å². The minimum Gasteiger partial charge on any atom is -0.161 e. The molecule has 27 heavy (non-hydrogen) atoms. The van der Waals surface area contributed by atoms with E-state index in [-0.39, 0.29) is 0 Å². The van der Waals surface area contributed by atoms with Crippen LogP contribution in [0.1, 0.15) is 32.1 Å². The topological polar surface area (TPSA) is 24.7 Å². The summed E-state index contributed by atoms with van der Waals surface area (Å²) in [7, 11) is -2.18. The zero-order valence-electron chi connectivity index (χ0n) is 15.5. The van der Waals surface area contributed by atoms with Crippen molar-refractivity contribution in [3.05, 3.63) is 91.0 Å². The molecule has 136 valence electrons. The van der Waals surface area contributed by atoms with Crippen LogP contribution < -0.4 is 15.9 Å². The van der Waals surface area contributed by atoms with E-state index >= 15 is 0 Å². The van der Waals surface area contributed by atoms with Crippen LogP contribution in [0.2, 0.25) is 0 Å². The van der Waals surface area contributed by atoms with Gasteiger partial charge in [-0.3, -0.25) is 0 Å². The first-order chi connectivity index (χ1) is 13.4. The number of benzene rings is 3. The van der Waals surface area contributed by atoms with Crippen molar-refractivity contribution in [2.24, 2.45) is 9.96 Å². The van der Waals surface area contributed by atoms with Gasteiger partial charge in [-0.25, -0.2) is 0 Å². The van der Waals surface area contributed by atoms with Crippen LogP contribution in [0.15, 0.2) is 101 Å². The highest BCUT2D eigenvalue weighted by Crippen LogP contribution is 2.46. The van der Waals surface area contributed by atoms with Gasteiger partial charge in [-0.2, -0.15) is 9.96 Å². The van der Waals surface area contributed by atoms with Crippen LogP contribution >= 0.6 is 7.05 Å². The van der Waals surface area contributed by atoms with E-state index in [0.717, 1.165) is 12.8 Å². The molecule has 0 unspecified atom stereocenters. The van der Waals surface area contributed by atoms with E-state index in [1.54, 1.807) is 0 Å². The molecule has 0 bridgehead atoms. The fraction of sp³-hybridized carbons (Fsp3) is 0.208. The Labute approximate surface area is 162 Å². The van der Waals surface area contributed by atoms with Crippen LogP contribution in [0.3, 0.4) is 0 Å². The van der Waals surface area contributed by atoms with Crippen LogP contribution in [0.25, 0.3) is 0 Å². The molecule has 0 amide bonds. The Morgan fingerprint density at radius 2 is 0.926 bits per heavy atom. The molecule has 0 heterocycles. The minimum atomic E-state index is -2.18. The maximum absolute atomic E-state index is 5.19. The largest absolute Gasteiger partial charge is 0.161 e. The van der Waals surface area contributed by atoms with Gasteiger partial charge < -0.3 is 0 Å². The van der Waals surface area contributed by atoms with Crippen LogP contribution in [-0.2, 0) is 0 Å². The molecule has 0 aromatic heterocycles. The van der Waals surface area contributed by atoms with Gasteiger partial charge in [0.15, 0.2) is 0 Å². The van der Waals surface area contributed by atoms with Crippen molar-refractivity contribution in [1.29, 1.82) is 0 Å². The van der Waals surface area contributed by atoms with E-state index in [0.29, 0.717) is 0 Å².